The van der Waals surface area contributed by atoms with E-state index in [-0.39, 0.29) is 17.1 Å². The highest BCUT2D eigenvalue weighted by Gasteiger charge is 2.43. The second kappa shape index (κ2) is 9.05. The van der Waals surface area contributed by atoms with Gasteiger partial charge in [0.2, 0.25) is 5.91 Å². The van der Waals surface area contributed by atoms with Crippen molar-refractivity contribution in [2.45, 2.75) is 59.9 Å². The van der Waals surface area contributed by atoms with Crippen molar-refractivity contribution in [2.24, 2.45) is 11.3 Å². The molecule has 2 aromatic rings. The van der Waals surface area contributed by atoms with E-state index in [1.807, 2.05) is 60.4 Å². The summed E-state index contributed by atoms with van der Waals surface area (Å²) in [5.74, 6) is 1.22. The molecule has 0 bridgehead atoms. The quantitative estimate of drug-likeness (QED) is 0.588. The number of ether oxygens (including phenoxy) is 1. The fourth-order valence-corrected chi connectivity index (χ4v) is 4.79. The average molecular weight is 447 g/mol. The molecular formula is C28H34N2O3. The van der Waals surface area contributed by atoms with Crippen molar-refractivity contribution < 1.29 is 14.3 Å². The number of allylic oxidation sites excluding steroid dienone is 1. The van der Waals surface area contributed by atoms with Crippen molar-refractivity contribution in [1.82, 2.24) is 0 Å². The first-order chi connectivity index (χ1) is 15.7. The average Bonchev–Trinajstić information content (AvgIpc) is 2.90. The Labute approximate surface area is 196 Å². The Morgan fingerprint density at radius 1 is 1.15 bits per heavy atom. The van der Waals surface area contributed by atoms with Gasteiger partial charge in [0.15, 0.2) is 5.78 Å². The number of hydrogen-bond donors (Lipinski definition) is 1. The summed E-state index contributed by atoms with van der Waals surface area (Å²) in [6.45, 7) is 10.9. The van der Waals surface area contributed by atoms with Crippen LogP contribution in [0.25, 0.3) is 0 Å². The van der Waals surface area contributed by atoms with Crippen molar-refractivity contribution >= 4 is 23.1 Å². The zero-order valence-electron chi connectivity index (χ0n) is 20.3. The maximum atomic E-state index is 13.6. The minimum Gasteiger partial charge on any atom is -0.493 e. The molecule has 174 valence electrons. The lowest BCUT2D eigenvalue weighted by Gasteiger charge is -2.37. The number of para-hydroxylation sites is 2. The number of carbonyl (C=O) groups excluding carboxylic acids is 2. The molecule has 4 rings (SSSR count). The number of nitrogens with zero attached hydrogens (tertiary/aromatic N) is 1. The number of rotatable bonds is 5. The molecule has 1 aliphatic carbocycles. The normalized spacial score (nSPS) is 19.5. The van der Waals surface area contributed by atoms with Gasteiger partial charge in [0.05, 0.1) is 24.0 Å². The molecule has 2 aromatic carbocycles. The van der Waals surface area contributed by atoms with Crippen LogP contribution in [0.3, 0.4) is 0 Å². The lowest BCUT2D eigenvalue weighted by molar-refractivity contribution is -0.119. The molecule has 1 amide bonds. The predicted octanol–water partition coefficient (Wildman–Crippen LogP) is 6.27. The van der Waals surface area contributed by atoms with Crippen LogP contribution in [0.4, 0.5) is 11.4 Å². The molecule has 0 spiro atoms. The summed E-state index contributed by atoms with van der Waals surface area (Å²) in [4.78, 5) is 28.8. The molecule has 1 heterocycles. The number of carbonyl (C=O) groups is 2. The van der Waals surface area contributed by atoms with Crippen molar-refractivity contribution in [3.8, 4) is 5.75 Å². The van der Waals surface area contributed by atoms with E-state index in [1.54, 1.807) is 0 Å². The van der Waals surface area contributed by atoms with Crippen LogP contribution >= 0.6 is 0 Å². The highest BCUT2D eigenvalue weighted by atomic mass is 16.5. The van der Waals surface area contributed by atoms with E-state index >= 15 is 0 Å². The highest BCUT2D eigenvalue weighted by molar-refractivity contribution is 6.06. The lowest BCUT2D eigenvalue weighted by atomic mass is 9.73. The molecule has 0 saturated carbocycles. The minimum atomic E-state index is -0.505. The van der Waals surface area contributed by atoms with Gasteiger partial charge in [0.1, 0.15) is 5.75 Å². The molecule has 0 saturated heterocycles. The number of fused-ring (bicyclic) bond motifs is 1. The Morgan fingerprint density at radius 2 is 1.91 bits per heavy atom. The summed E-state index contributed by atoms with van der Waals surface area (Å²) in [6.07, 6.45) is 1.55. The van der Waals surface area contributed by atoms with Gasteiger partial charge in [-0.3, -0.25) is 14.5 Å². The second-order valence-corrected chi connectivity index (χ2v) is 10.3. The third kappa shape index (κ3) is 4.68. The SMILES string of the molecule is CCC(=O)N1c2ccccc2NC2=C(C(=O)CC(C)(C)C2)[C@H]1c1cccc(OCC(C)C)c1. The Hall–Kier alpha value is -3.08. The van der Waals surface area contributed by atoms with Gasteiger partial charge in [-0.15, -0.1) is 0 Å². The number of ketones is 1. The zero-order valence-corrected chi connectivity index (χ0v) is 20.3. The summed E-state index contributed by atoms with van der Waals surface area (Å²) < 4.78 is 6.00. The summed E-state index contributed by atoms with van der Waals surface area (Å²) in [5.41, 5.74) is 3.99. The summed E-state index contributed by atoms with van der Waals surface area (Å²) in [6, 6.07) is 15.2. The van der Waals surface area contributed by atoms with Crippen LogP contribution in [0.2, 0.25) is 0 Å². The van der Waals surface area contributed by atoms with Crippen LogP contribution in [-0.4, -0.2) is 18.3 Å². The van der Waals surface area contributed by atoms with Crippen LogP contribution in [0, 0.1) is 11.3 Å². The number of amides is 1. The Kier molecular flexibility index (Phi) is 6.33. The van der Waals surface area contributed by atoms with Crippen molar-refractivity contribution in [3.63, 3.8) is 0 Å². The van der Waals surface area contributed by atoms with Crippen LogP contribution in [0.5, 0.6) is 5.75 Å². The number of benzene rings is 2. The Morgan fingerprint density at radius 3 is 2.64 bits per heavy atom. The van der Waals surface area contributed by atoms with Gasteiger partial charge in [-0.05, 0) is 47.6 Å². The first kappa shape index (κ1) is 23.1. The largest absolute Gasteiger partial charge is 0.493 e. The summed E-state index contributed by atoms with van der Waals surface area (Å²) in [7, 11) is 0. The maximum absolute atomic E-state index is 13.6. The van der Waals surface area contributed by atoms with E-state index in [4.69, 9.17) is 4.74 Å². The van der Waals surface area contributed by atoms with Gasteiger partial charge in [-0.2, -0.15) is 0 Å². The number of hydrogen-bond acceptors (Lipinski definition) is 4. The van der Waals surface area contributed by atoms with Gasteiger partial charge in [-0.1, -0.05) is 58.9 Å². The topological polar surface area (TPSA) is 58.6 Å². The van der Waals surface area contributed by atoms with Gasteiger partial charge < -0.3 is 10.1 Å². The van der Waals surface area contributed by atoms with E-state index in [0.717, 1.165) is 34.8 Å². The molecule has 0 fully saturated rings. The third-order valence-corrected chi connectivity index (χ3v) is 6.23. The van der Waals surface area contributed by atoms with Crippen molar-refractivity contribution in [2.75, 3.05) is 16.8 Å². The number of anilines is 2. The molecule has 1 atom stereocenters. The first-order valence-corrected chi connectivity index (χ1v) is 11.9. The third-order valence-electron chi connectivity index (χ3n) is 6.23. The van der Waals surface area contributed by atoms with E-state index in [1.165, 1.54) is 0 Å². The van der Waals surface area contributed by atoms with Crippen molar-refractivity contribution in [1.29, 1.82) is 0 Å². The Bertz CT molecular complexity index is 1100. The Balaban J connectivity index is 1.93. The molecule has 5 heteroatoms. The monoisotopic (exact) mass is 446 g/mol. The second-order valence-electron chi connectivity index (χ2n) is 10.3. The van der Waals surface area contributed by atoms with Gasteiger partial charge >= 0.3 is 0 Å². The summed E-state index contributed by atoms with van der Waals surface area (Å²) >= 11 is 0. The fourth-order valence-electron chi connectivity index (χ4n) is 4.79. The molecule has 33 heavy (non-hydrogen) atoms. The lowest BCUT2D eigenvalue weighted by Crippen LogP contribution is -2.39. The number of Topliss-reactive ketones (excluding diaryl/α,β-unsaturated/α-hetero) is 1. The van der Waals surface area contributed by atoms with Crippen LogP contribution < -0.4 is 15.0 Å². The van der Waals surface area contributed by atoms with Gasteiger partial charge in [0, 0.05) is 24.1 Å². The zero-order chi connectivity index (χ0) is 23.8. The fraction of sp³-hybridized carbons (Fsp3) is 0.429. The van der Waals surface area contributed by atoms with Crippen LogP contribution in [0.1, 0.15) is 65.5 Å². The predicted molar refractivity (Wildman–Crippen MR) is 132 cm³/mol. The van der Waals surface area contributed by atoms with Gasteiger partial charge in [0.25, 0.3) is 0 Å². The minimum absolute atomic E-state index is 0.0193. The maximum Gasteiger partial charge on any atom is 0.227 e. The van der Waals surface area contributed by atoms with E-state index in [9.17, 15) is 9.59 Å². The molecule has 0 aromatic heterocycles. The molecule has 0 radical (unpaired) electrons. The van der Waals surface area contributed by atoms with Crippen LogP contribution in [-0.2, 0) is 9.59 Å². The van der Waals surface area contributed by atoms with Crippen molar-refractivity contribution in [3.05, 3.63) is 65.4 Å². The van der Waals surface area contributed by atoms with E-state index in [0.29, 0.717) is 30.9 Å². The highest BCUT2D eigenvalue weighted by Crippen LogP contribution is 2.48. The molecule has 1 aliphatic heterocycles. The molecule has 0 unspecified atom stereocenters. The first-order valence-electron chi connectivity index (χ1n) is 11.9. The molecular weight excluding hydrogens is 412 g/mol. The smallest absolute Gasteiger partial charge is 0.227 e. The molecule has 2 aliphatic rings. The molecule has 5 nitrogen and oxygen atoms in total. The van der Waals surface area contributed by atoms with Crippen LogP contribution in [0.15, 0.2) is 59.8 Å². The van der Waals surface area contributed by atoms with E-state index in [2.05, 4.69) is 33.0 Å². The number of nitrogens with one attached hydrogen (secondary N) is 1. The standard InChI is InChI=1S/C28H34N2O3/c1-6-25(32)30-23-13-8-7-12-21(23)29-22-15-28(4,5)16-24(31)26(22)27(30)19-10-9-11-20(14-19)33-17-18(2)3/h7-14,18,27,29H,6,15-17H2,1-5H3/t27-/m1/s1. The molecule has 1 N–H and O–H groups in total. The van der Waals surface area contributed by atoms with Gasteiger partial charge in [-0.25, -0.2) is 0 Å². The summed E-state index contributed by atoms with van der Waals surface area (Å²) in [5, 5.41) is 3.54. The van der Waals surface area contributed by atoms with E-state index < -0.39 is 6.04 Å².